The first kappa shape index (κ1) is 17.5. The Kier molecular flexibility index (Phi) is 6.17. The summed E-state index contributed by atoms with van der Waals surface area (Å²) in [6.07, 6.45) is 1.54. The number of amides is 2. The van der Waals surface area contributed by atoms with Gasteiger partial charge in [-0.15, -0.1) is 0 Å². The van der Waals surface area contributed by atoms with Crippen molar-refractivity contribution in [1.82, 2.24) is 9.88 Å². The van der Waals surface area contributed by atoms with Crippen molar-refractivity contribution in [3.8, 4) is 0 Å². The number of morpholine rings is 1. The molecule has 23 heavy (non-hydrogen) atoms. The number of aliphatic carboxylic acids is 1. The molecule has 2 amide bonds. The van der Waals surface area contributed by atoms with Gasteiger partial charge in [-0.05, 0) is 15.9 Å². The van der Waals surface area contributed by atoms with Gasteiger partial charge in [-0.3, -0.25) is 10.1 Å². The number of carbonyl (C=O) groups excluding carboxylic acids is 1. The molecule has 0 spiro atoms. The maximum atomic E-state index is 12.0. The van der Waals surface area contributed by atoms with Gasteiger partial charge in [0, 0.05) is 38.9 Å². The van der Waals surface area contributed by atoms with E-state index >= 15 is 0 Å². The van der Waals surface area contributed by atoms with Crippen LogP contribution in [-0.4, -0.2) is 66.9 Å². The van der Waals surface area contributed by atoms with Gasteiger partial charge in [0.15, 0.2) is 0 Å². The molecule has 9 heteroatoms. The van der Waals surface area contributed by atoms with Crippen molar-refractivity contribution in [2.24, 2.45) is 0 Å². The molecule has 0 unspecified atom stereocenters. The summed E-state index contributed by atoms with van der Waals surface area (Å²) in [5.41, 5.74) is 0.937. The van der Waals surface area contributed by atoms with Crippen LogP contribution in [0.3, 0.4) is 0 Å². The predicted octanol–water partition coefficient (Wildman–Crippen LogP) is 1.62. The fourth-order valence-electron chi connectivity index (χ4n) is 2.11. The number of hydrogen-bond donors (Lipinski definition) is 2. The molecule has 1 aromatic heterocycles. The van der Waals surface area contributed by atoms with Crippen LogP contribution in [0.1, 0.15) is 6.42 Å². The monoisotopic (exact) mass is 386 g/mol. The normalized spacial score (nSPS) is 14.4. The Morgan fingerprint density at radius 1 is 1.48 bits per heavy atom. The van der Waals surface area contributed by atoms with Gasteiger partial charge in [-0.2, -0.15) is 0 Å². The number of carboxylic acids is 1. The van der Waals surface area contributed by atoms with Crippen molar-refractivity contribution in [2.75, 3.05) is 50.1 Å². The number of urea groups is 1. The Morgan fingerprint density at radius 2 is 2.17 bits per heavy atom. The van der Waals surface area contributed by atoms with Gasteiger partial charge >= 0.3 is 12.0 Å². The quantitative estimate of drug-likeness (QED) is 0.798. The molecule has 0 bridgehead atoms. The summed E-state index contributed by atoms with van der Waals surface area (Å²) in [7, 11) is 1.54. The van der Waals surface area contributed by atoms with Crippen molar-refractivity contribution < 1.29 is 19.4 Å². The minimum Gasteiger partial charge on any atom is -0.481 e. The van der Waals surface area contributed by atoms with Gasteiger partial charge < -0.3 is 19.6 Å². The van der Waals surface area contributed by atoms with Gasteiger partial charge in [0.25, 0.3) is 0 Å². The number of anilines is 2. The van der Waals surface area contributed by atoms with Crippen LogP contribution in [-0.2, 0) is 9.53 Å². The smallest absolute Gasteiger partial charge is 0.322 e. The number of nitrogens with one attached hydrogen (secondary N) is 1. The summed E-state index contributed by atoms with van der Waals surface area (Å²) < 4.78 is 6.18. The first-order valence-electron chi connectivity index (χ1n) is 7.19. The molecular weight excluding hydrogens is 368 g/mol. The third kappa shape index (κ3) is 5.07. The van der Waals surface area contributed by atoms with Crippen LogP contribution in [0, 0.1) is 0 Å². The maximum Gasteiger partial charge on any atom is 0.322 e. The fourth-order valence-corrected chi connectivity index (χ4v) is 2.58. The molecule has 1 aliphatic heterocycles. The largest absolute Gasteiger partial charge is 0.481 e. The number of nitrogens with zero attached hydrogens (tertiary/aromatic N) is 3. The SMILES string of the molecule is CN(CCC(=O)O)C(=O)Nc1cc(N2CCOCC2)c(Br)cn1. The van der Waals surface area contributed by atoms with Gasteiger partial charge in [0.2, 0.25) is 0 Å². The van der Waals surface area contributed by atoms with Crippen LogP contribution in [0.15, 0.2) is 16.7 Å². The van der Waals surface area contributed by atoms with Crippen LogP contribution < -0.4 is 10.2 Å². The van der Waals surface area contributed by atoms with Gasteiger partial charge in [-0.25, -0.2) is 9.78 Å². The van der Waals surface area contributed by atoms with Crippen LogP contribution in [0.5, 0.6) is 0 Å². The minimum atomic E-state index is -0.943. The Hall–Kier alpha value is -1.87. The summed E-state index contributed by atoms with van der Waals surface area (Å²) in [4.78, 5) is 30.2. The number of carbonyl (C=O) groups is 2. The van der Waals surface area contributed by atoms with Crippen molar-refractivity contribution in [1.29, 1.82) is 0 Å². The Balaban J connectivity index is 2.02. The van der Waals surface area contributed by atoms with E-state index in [1.165, 1.54) is 4.90 Å². The first-order valence-corrected chi connectivity index (χ1v) is 7.99. The van der Waals surface area contributed by atoms with E-state index < -0.39 is 12.0 Å². The maximum absolute atomic E-state index is 12.0. The molecule has 0 radical (unpaired) electrons. The summed E-state index contributed by atoms with van der Waals surface area (Å²) in [6, 6.07) is 1.40. The predicted molar refractivity (Wildman–Crippen MR) is 88.9 cm³/mol. The lowest BCUT2D eigenvalue weighted by Gasteiger charge is -2.29. The molecule has 0 saturated carbocycles. The number of aromatic nitrogens is 1. The first-order chi connectivity index (χ1) is 11.0. The van der Waals surface area contributed by atoms with Crippen molar-refractivity contribution in [3.63, 3.8) is 0 Å². The van der Waals surface area contributed by atoms with E-state index in [2.05, 4.69) is 31.1 Å². The van der Waals surface area contributed by atoms with Gasteiger partial charge in [-0.1, -0.05) is 0 Å². The number of halogens is 1. The molecular formula is C14H19BrN4O4. The second-order valence-electron chi connectivity index (χ2n) is 5.12. The zero-order chi connectivity index (χ0) is 16.8. The van der Waals surface area contributed by atoms with Crippen LogP contribution >= 0.6 is 15.9 Å². The number of hydrogen-bond acceptors (Lipinski definition) is 5. The highest BCUT2D eigenvalue weighted by molar-refractivity contribution is 9.10. The third-order valence-electron chi connectivity index (χ3n) is 3.43. The lowest BCUT2D eigenvalue weighted by molar-refractivity contribution is -0.137. The van der Waals surface area contributed by atoms with Crippen molar-refractivity contribution >= 4 is 39.4 Å². The fraction of sp³-hybridized carbons (Fsp3) is 0.500. The molecule has 1 saturated heterocycles. The molecule has 1 aromatic rings. The van der Waals surface area contributed by atoms with Gasteiger partial charge in [0.05, 0.1) is 29.8 Å². The molecule has 1 aliphatic rings. The number of rotatable bonds is 5. The summed E-state index contributed by atoms with van der Waals surface area (Å²) in [6.45, 7) is 3.00. The molecule has 8 nitrogen and oxygen atoms in total. The molecule has 0 atom stereocenters. The minimum absolute atomic E-state index is 0.100. The molecule has 1 fully saturated rings. The Bertz CT molecular complexity index is 578. The topological polar surface area (TPSA) is 95.0 Å². The van der Waals surface area contributed by atoms with E-state index in [0.717, 1.165) is 23.2 Å². The van der Waals surface area contributed by atoms with Crippen LogP contribution in [0.25, 0.3) is 0 Å². The highest BCUT2D eigenvalue weighted by atomic mass is 79.9. The van der Waals surface area contributed by atoms with Gasteiger partial charge in [0.1, 0.15) is 5.82 Å². The van der Waals surface area contributed by atoms with Crippen LogP contribution in [0.2, 0.25) is 0 Å². The second-order valence-corrected chi connectivity index (χ2v) is 5.97. The molecule has 0 aromatic carbocycles. The van der Waals surface area contributed by atoms with E-state index in [0.29, 0.717) is 19.0 Å². The lowest BCUT2D eigenvalue weighted by atomic mass is 10.3. The molecule has 126 valence electrons. The summed E-state index contributed by atoms with van der Waals surface area (Å²) in [5, 5.41) is 11.3. The molecule has 2 N–H and O–H groups in total. The zero-order valence-corrected chi connectivity index (χ0v) is 14.4. The highest BCUT2D eigenvalue weighted by Gasteiger charge is 2.17. The Labute approximate surface area is 142 Å². The van der Waals surface area contributed by atoms with Crippen molar-refractivity contribution in [2.45, 2.75) is 6.42 Å². The van der Waals surface area contributed by atoms with E-state index in [4.69, 9.17) is 9.84 Å². The van der Waals surface area contributed by atoms with E-state index in [-0.39, 0.29) is 13.0 Å². The highest BCUT2D eigenvalue weighted by Crippen LogP contribution is 2.28. The van der Waals surface area contributed by atoms with Crippen LogP contribution in [0.4, 0.5) is 16.3 Å². The summed E-state index contributed by atoms with van der Waals surface area (Å²) in [5.74, 6) is -0.525. The number of carboxylic acid groups (broad SMARTS) is 1. The lowest BCUT2D eigenvalue weighted by Crippen LogP contribution is -2.36. The third-order valence-corrected chi connectivity index (χ3v) is 4.04. The average Bonchev–Trinajstić information content (AvgIpc) is 2.55. The zero-order valence-electron chi connectivity index (χ0n) is 12.8. The molecule has 0 aliphatic carbocycles. The van der Waals surface area contributed by atoms with E-state index in [1.54, 1.807) is 19.3 Å². The molecule has 2 rings (SSSR count). The number of pyridine rings is 1. The van der Waals surface area contributed by atoms with E-state index in [9.17, 15) is 9.59 Å². The summed E-state index contributed by atoms with van der Waals surface area (Å²) >= 11 is 3.47. The molecule has 2 heterocycles. The van der Waals surface area contributed by atoms with E-state index in [1.807, 2.05) is 0 Å². The standard InChI is InChI=1S/C14H19BrN4O4/c1-18(3-2-13(20)21)14(22)17-12-8-11(10(15)9-16-12)19-4-6-23-7-5-19/h8-9H,2-7H2,1H3,(H,20,21)(H,16,17,22). The average molecular weight is 387 g/mol. The second kappa shape index (κ2) is 8.11. The van der Waals surface area contributed by atoms with Crippen molar-refractivity contribution in [3.05, 3.63) is 16.7 Å². The number of ether oxygens (including phenoxy) is 1. The Morgan fingerprint density at radius 3 is 2.83 bits per heavy atom.